The Hall–Kier alpha value is -5.54. The highest BCUT2D eigenvalue weighted by atomic mass is 35.5. The zero-order chi connectivity index (χ0) is 55.1. The SMILES string of the molecule is CC(C)(C)[Si](C)(C)OC1CCC(OC(=O)n2ccnc2)CC1.Cl.N[C@H]1CCc2c(C(=O)Nc3ccc(F)c(Cl)c3)ccc(F)c21.O=C(N[C@H]1CCc2c(C(=O)Nc3ccc(F)c(Cl)c3)ccc(F)c21)OC1CCC(O)CC1. The number of nitrogens with zero attached hydrogens (tertiary/aromatic N) is 2. The van der Waals surface area contributed by atoms with Crippen LogP contribution in [-0.4, -0.2) is 71.4 Å². The summed E-state index contributed by atoms with van der Waals surface area (Å²) in [6.45, 7) is 11.4. The van der Waals surface area contributed by atoms with E-state index in [9.17, 15) is 41.8 Å². The van der Waals surface area contributed by atoms with Gasteiger partial charge in [0.05, 0.1) is 22.2 Å². The molecule has 0 unspecified atom stereocenters. The quantitative estimate of drug-likeness (QED) is 0.0700. The van der Waals surface area contributed by atoms with Crippen LogP contribution in [0.25, 0.3) is 0 Å². The summed E-state index contributed by atoms with van der Waals surface area (Å²) in [5.74, 6) is -2.93. The number of nitrogens with one attached hydrogen (secondary N) is 3. The van der Waals surface area contributed by atoms with Crippen LogP contribution in [0.5, 0.6) is 0 Å². The Labute approximate surface area is 462 Å². The molecule has 6 N–H and O–H groups in total. The fourth-order valence-corrected chi connectivity index (χ4v) is 11.3. The van der Waals surface area contributed by atoms with Gasteiger partial charge in [0.15, 0.2) is 8.32 Å². The van der Waals surface area contributed by atoms with Crippen LogP contribution in [-0.2, 0) is 26.7 Å². The number of benzene rings is 4. The van der Waals surface area contributed by atoms with Crippen molar-refractivity contribution in [1.29, 1.82) is 0 Å². The van der Waals surface area contributed by atoms with Crippen LogP contribution in [0, 0.1) is 23.3 Å². The van der Waals surface area contributed by atoms with Crippen LogP contribution in [0.3, 0.4) is 0 Å². The van der Waals surface area contributed by atoms with Crippen LogP contribution in [0.15, 0.2) is 79.4 Å². The van der Waals surface area contributed by atoms with Crippen LogP contribution in [0.1, 0.15) is 140 Å². The molecule has 2 saturated carbocycles. The first kappa shape index (κ1) is 60.7. The number of fused-ring (bicyclic) bond motifs is 2. The highest BCUT2D eigenvalue weighted by Crippen LogP contribution is 2.40. The lowest BCUT2D eigenvalue weighted by Crippen LogP contribution is -2.45. The molecule has 2 fully saturated rings. The average molecular weight is 1150 g/mol. The molecule has 0 saturated heterocycles. The van der Waals surface area contributed by atoms with Gasteiger partial charge in [0.2, 0.25) is 0 Å². The summed E-state index contributed by atoms with van der Waals surface area (Å²) in [5.41, 5.74) is 9.05. The van der Waals surface area contributed by atoms with Gasteiger partial charge in [-0.25, -0.2) is 36.7 Å². The second-order valence-electron chi connectivity index (χ2n) is 21.0. The lowest BCUT2D eigenvalue weighted by molar-refractivity contribution is 0.0329. The second kappa shape index (κ2) is 26.4. The standard InChI is InChI=1S/C23H23ClF2N2O4.C16H13ClF2N2O.C16H28N2O3Si.ClH/c24-17-11-12(1-8-18(17)25)27-22(30)16-6-9-19(26)21-15(16)7-10-20(21)28-23(31)32-14-4-2-13(29)3-5-14;17-11-7-8(1-4-12(11)18)21-16(22)10-2-5-13(19)15-9(10)3-6-14(15)20;1-16(2,3)22(4,5)21-14-8-6-13(7-9-14)20-15(19)18-11-10-17-12-18;/h1,6,8-9,11,13-14,20,29H,2-5,7,10H2,(H,27,30)(H,28,31);1-2,4-5,7,14H,3,6,20H2,(H,21,22);10-14H,6-9H2,1-5H3;1H/t13?,14?,20-;14-;;/m00../s1. The van der Waals surface area contributed by atoms with Gasteiger partial charge in [0.25, 0.3) is 11.8 Å². The number of hydrogen-bond acceptors (Lipinski definition) is 10. The summed E-state index contributed by atoms with van der Waals surface area (Å²) in [6.07, 6.45) is 11.3. The summed E-state index contributed by atoms with van der Waals surface area (Å²) in [5, 5.41) is 17.6. The molecule has 14 nitrogen and oxygen atoms in total. The number of imidazole rings is 1. The smallest absolute Gasteiger partial charge is 0.419 e. The fraction of sp³-hybridized carbons (Fsp3) is 0.436. The number of aromatic nitrogens is 2. The normalized spacial score (nSPS) is 20.6. The van der Waals surface area contributed by atoms with Crippen molar-refractivity contribution in [3.05, 3.63) is 146 Å². The van der Waals surface area contributed by atoms with Crippen molar-refractivity contribution < 1.29 is 55.7 Å². The van der Waals surface area contributed by atoms with Crippen LogP contribution >= 0.6 is 35.6 Å². The third-order valence-corrected chi connectivity index (χ3v) is 19.8. The second-order valence-corrected chi connectivity index (χ2v) is 26.6. The number of aliphatic hydroxyl groups is 1. The molecule has 4 aliphatic carbocycles. The molecular formula is C55H65Cl3F4N6O8Si. The summed E-state index contributed by atoms with van der Waals surface area (Å²) in [7, 11) is -1.71. The van der Waals surface area contributed by atoms with E-state index >= 15 is 0 Å². The molecule has 0 bridgehead atoms. The van der Waals surface area contributed by atoms with E-state index in [0.29, 0.717) is 91.1 Å². The number of ether oxygens (including phenoxy) is 2. The molecule has 3 amide bonds. The highest BCUT2D eigenvalue weighted by molar-refractivity contribution is 6.74. The van der Waals surface area contributed by atoms with Crippen molar-refractivity contribution in [2.75, 3.05) is 10.6 Å². The number of carbonyl (C=O) groups is 4. The molecule has 416 valence electrons. The van der Waals surface area contributed by atoms with E-state index in [2.05, 4.69) is 54.8 Å². The first-order valence-corrected chi connectivity index (χ1v) is 29.1. The predicted octanol–water partition coefficient (Wildman–Crippen LogP) is 13.3. The molecule has 9 rings (SSSR count). The van der Waals surface area contributed by atoms with E-state index in [1.165, 1.54) is 65.5 Å². The third-order valence-electron chi connectivity index (χ3n) is 14.6. The minimum Gasteiger partial charge on any atom is -0.446 e. The number of aliphatic hydroxyl groups excluding tert-OH is 1. The van der Waals surface area contributed by atoms with Gasteiger partial charge in [-0.05, 0) is 167 Å². The maximum absolute atomic E-state index is 14.6. The molecule has 1 heterocycles. The van der Waals surface area contributed by atoms with Crippen LogP contribution in [0.2, 0.25) is 28.2 Å². The molecule has 2 atom stereocenters. The molecule has 0 spiro atoms. The maximum Gasteiger partial charge on any atom is 0.419 e. The van der Waals surface area contributed by atoms with Crippen molar-refractivity contribution in [2.45, 2.75) is 152 Å². The monoisotopic (exact) mass is 1150 g/mol. The largest absolute Gasteiger partial charge is 0.446 e. The number of rotatable bonds is 9. The molecule has 4 aromatic carbocycles. The van der Waals surface area contributed by atoms with Gasteiger partial charge in [-0.1, -0.05) is 44.0 Å². The lowest BCUT2D eigenvalue weighted by atomic mass is 9.95. The number of hydrogen-bond donors (Lipinski definition) is 5. The maximum atomic E-state index is 14.6. The molecule has 0 radical (unpaired) electrons. The van der Waals surface area contributed by atoms with Gasteiger partial charge in [0.1, 0.15) is 41.8 Å². The lowest BCUT2D eigenvalue weighted by Gasteiger charge is -2.41. The third kappa shape index (κ3) is 15.6. The molecular weight excluding hydrogens is 1080 g/mol. The van der Waals surface area contributed by atoms with E-state index in [1.54, 1.807) is 12.4 Å². The molecule has 5 aromatic rings. The van der Waals surface area contributed by atoms with Crippen LogP contribution < -0.4 is 21.7 Å². The van der Waals surface area contributed by atoms with Gasteiger partial charge in [-0.2, -0.15) is 0 Å². The summed E-state index contributed by atoms with van der Waals surface area (Å²) < 4.78 is 73.7. The van der Waals surface area contributed by atoms with E-state index < -0.39 is 49.7 Å². The number of alkyl carbamates (subject to hydrolysis) is 1. The number of halogens is 7. The Bertz CT molecular complexity index is 2900. The molecule has 1 aromatic heterocycles. The predicted molar refractivity (Wildman–Crippen MR) is 291 cm³/mol. The van der Waals surface area contributed by atoms with Gasteiger partial charge >= 0.3 is 12.2 Å². The Morgan fingerprint density at radius 2 is 1.17 bits per heavy atom. The van der Waals surface area contributed by atoms with Gasteiger partial charge in [0, 0.05) is 58.2 Å². The summed E-state index contributed by atoms with van der Waals surface area (Å²) in [4.78, 5) is 53.3. The summed E-state index contributed by atoms with van der Waals surface area (Å²) >= 11 is 11.4. The zero-order valence-electron chi connectivity index (χ0n) is 43.4. The Morgan fingerprint density at radius 1 is 0.688 bits per heavy atom. The zero-order valence-corrected chi connectivity index (χ0v) is 46.7. The molecule has 0 aliphatic heterocycles. The van der Waals surface area contributed by atoms with E-state index in [-0.39, 0.29) is 74.9 Å². The van der Waals surface area contributed by atoms with E-state index in [1.807, 2.05) is 0 Å². The number of nitrogens with two attached hydrogens (primary N) is 1. The fourth-order valence-electron chi connectivity index (χ4n) is 9.50. The van der Waals surface area contributed by atoms with Gasteiger partial charge in [-0.3, -0.25) is 9.59 Å². The molecule has 77 heavy (non-hydrogen) atoms. The minimum absolute atomic E-state index is 0. The summed E-state index contributed by atoms with van der Waals surface area (Å²) in [6, 6.07) is 12.0. The van der Waals surface area contributed by atoms with Crippen molar-refractivity contribution in [1.82, 2.24) is 14.9 Å². The van der Waals surface area contributed by atoms with Crippen molar-refractivity contribution in [2.24, 2.45) is 5.73 Å². The van der Waals surface area contributed by atoms with Gasteiger partial charge in [-0.15, -0.1) is 12.4 Å². The topological polar surface area (TPSA) is 196 Å². The number of carbonyl (C=O) groups excluding carboxylic acids is 4. The van der Waals surface area contributed by atoms with Crippen molar-refractivity contribution >= 4 is 79.3 Å². The molecule has 4 aliphatic rings. The van der Waals surface area contributed by atoms with Crippen molar-refractivity contribution in [3.8, 4) is 0 Å². The molecule has 22 heteroatoms. The van der Waals surface area contributed by atoms with E-state index in [0.717, 1.165) is 31.7 Å². The Morgan fingerprint density at radius 3 is 1.69 bits per heavy atom. The van der Waals surface area contributed by atoms with Crippen LogP contribution in [0.4, 0.5) is 38.5 Å². The minimum atomic E-state index is -1.71. The van der Waals surface area contributed by atoms with Crippen molar-refractivity contribution in [3.63, 3.8) is 0 Å². The average Bonchev–Trinajstić information content (AvgIpc) is 4.17. The number of anilines is 2. The first-order valence-electron chi connectivity index (χ1n) is 25.4. The number of amides is 3. The Kier molecular flexibility index (Phi) is 20.8. The van der Waals surface area contributed by atoms with E-state index in [4.69, 9.17) is 42.8 Å². The van der Waals surface area contributed by atoms with Gasteiger partial charge < -0.3 is 40.7 Å². The Balaban J connectivity index is 0.000000191. The highest BCUT2D eigenvalue weighted by Gasteiger charge is 2.40. The first-order chi connectivity index (χ1) is 36.0.